The van der Waals surface area contributed by atoms with E-state index in [1.54, 1.807) is 18.2 Å². The molecule has 2 N–H and O–H groups in total. The van der Waals surface area contributed by atoms with Crippen LogP contribution in [0.1, 0.15) is 27.2 Å². The highest BCUT2D eigenvalue weighted by atomic mass is 35.5. The second-order valence-corrected chi connectivity index (χ2v) is 5.46. The third-order valence-electron chi connectivity index (χ3n) is 2.09. The maximum absolute atomic E-state index is 6.03. The predicted molar refractivity (Wildman–Crippen MR) is 69.4 cm³/mol. The van der Waals surface area contributed by atoms with Crippen molar-refractivity contribution in [3.63, 3.8) is 0 Å². The van der Waals surface area contributed by atoms with Crippen LogP contribution in [0.4, 0.5) is 0 Å². The Labute approximate surface area is 107 Å². The maximum Gasteiger partial charge on any atom is 0.138 e. The zero-order valence-electron chi connectivity index (χ0n) is 9.76. The first kappa shape index (κ1) is 13.6. The molecule has 1 aromatic carbocycles. The van der Waals surface area contributed by atoms with Gasteiger partial charge in [-0.3, -0.25) is 0 Å². The van der Waals surface area contributed by atoms with E-state index >= 15 is 0 Å². The summed E-state index contributed by atoms with van der Waals surface area (Å²) in [5.41, 5.74) is 5.42. The Morgan fingerprint density at radius 2 is 2.00 bits per heavy atom. The minimum absolute atomic E-state index is 0.0843. The average molecular weight is 262 g/mol. The summed E-state index contributed by atoms with van der Waals surface area (Å²) in [4.78, 5) is 0. The van der Waals surface area contributed by atoms with E-state index in [1.165, 1.54) is 0 Å². The van der Waals surface area contributed by atoms with Gasteiger partial charge in [0.25, 0.3) is 0 Å². The first-order valence-corrected chi connectivity index (χ1v) is 5.95. The number of benzene rings is 1. The normalized spacial score (nSPS) is 13.6. The van der Waals surface area contributed by atoms with Crippen molar-refractivity contribution in [3.05, 3.63) is 28.2 Å². The van der Waals surface area contributed by atoms with Crippen LogP contribution < -0.4 is 10.5 Å². The van der Waals surface area contributed by atoms with Crippen LogP contribution in [0.3, 0.4) is 0 Å². The van der Waals surface area contributed by atoms with Gasteiger partial charge in [-0.15, -0.1) is 0 Å². The van der Waals surface area contributed by atoms with E-state index in [0.29, 0.717) is 15.8 Å². The molecule has 4 heteroatoms. The van der Waals surface area contributed by atoms with Gasteiger partial charge in [0.15, 0.2) is 0 Å². The van der Waals surface area contributed by atoms with Crippen molar-refractivity contribution in [3.8, 4) is 5.75 Å². The lowest BCUT2D eigenvalue weighted by Crippen LogP contribution is -2.35. The third-order valence-corrected chi connectivity index (χ3v) is 2.62. The summed E-state index contributed by atoms with van der Waals surface area (Å²) in [5, 5.41) is 1.12. The van der Waals surface area contributed by atoms with Gasteiger partial charge in [-0.25, -0.2) is 0 Å². The monoisotopic (exact) mass is 261 g/mol. The molecule has 0 spiro atoms. The number of hydrogen-bond donors (Lipinski definition) is 1. The lowest BCUT2D eigenvalue weighted by Gasteiger charge is -2.28. The fourth-order valence-electron chi connectivity index (χ4n) is 1.67. The Morgan fingerprint density at radius 3 is 2.50 bits per heavy atom. The molecule has 1 unspecified atom stereocenters. The second-order valence-electron chi connectivity index (χ2n) is 4.62. The molecule has 1 rings (SSSR count). The van der Waals surface area contributed by atoms with E-state index < -0.39 is 0 Å². The van der Waals surface area contributed by atoms with Crippen LogP contribution in [0.5, 0.6) is 5.75 Å². The molecule has 16 heavy (non-hydrogen) atoms. The minimum Gasteiger partial charge on any atom is -0.486 e. The topological polar surface area (TPSA) is 35.2 Å². The van der Waals surface area contributed by atoms with E-state index in [1.807, 2.05) is 20.8 Å². The zero-order chi connectivity index (χ0) is 12.3. The van der Waals surface area contributed by atoms with Crippen molar-refractivity contribution >= 4 is 23.2 Å². The summed E-state index contributed by atoms with van der Waals surface area (Å²) in [6, 6.07) is 5.28. The van der Waals surface area contributed by atoms with E-state index in [2.05, 4.69) is 0 Å². The van der Waals surface area contributed by atoms with E-state index in [4.69, 9.17) is 33.7 Å². The largest absolute Gasteiger partial charge is 0.486 e. The molecule has 0 saturated heterocycles. The van der Waals surface area contributed by atoms with E-state index in [0.717, 1.165) is 6.42 Å². The second kappa shape index (κ2) is 5.26. The molecule has 0 radical (unpaired) electrons. The van der Waals surface area contributed by atoms with Gasteiger partial charge in [0.2, 0.25) is 0 Å². The first-order valence-electron chi connectivity index (χ1n) is 5.20. The van der Waals surface area contributed by atoms with Gasteiger partial charge in [0.1, 0.15) is 11.4 Å². The Balaban J connectivity index is 2.79. The van der Waals surface area contributed by atoms with Crippen LogP contribution in [0.15, 0.2) is 18.2 Å². The van der Waals surface area contributed by atoms with Crippen LogP contribution in [-0.2, 0) is 0 Å². The van der Waals surface area contributed by atoms with Crippen molar-refractivity contribution in [2.75, 3.05) is 0 Å². The Bertz CT molecular complexity index is 364. The van der Waals surface area contributed by atoms with Gasteiger partial charge in [-0.05, 0) is 39.0 Å². The van der Waals surface area contributed by atoms with Crippen LogP contribution in [0.2, 0.25) is 10.0 Å². The number of halogens is 2. The van der Waals surface area contributed by atoms with Gasteiger partial charge >= 0.3 is 0 Å². The minimum atomic E-state index is -0.342. The molecule has 0 bridgehead atoms. The fourth-order valence-corrected chi connectivity index (χ4v) is 2.12. The first-order chi connectivity index (χ1) is 7.30. The highest BCUT2D eigenvalue weighted by Crippen LogP contribution is 2.31. The highest BCUT2D eigenvalue weighted by molar-refractivity contribution is 6.35. The Kier molecular flexibility index (Phi) is 4.48. The molecule has 1 aromatic rings. The summed E-state index contributed by atoms with van der Waals surface area (Å²) >= 11 is 11.8. The molecule has 0 amide bonds. The molecular weight excluding hydrogens is 245 g/mol. The van der Waals surface area contributed by atoms with Gasteiger partial charge in [0.05, 0.1) is 5.02 Å². The van der Waals surface area contributed by atoms with E-state index in [-0.39, 0.29) is 11.6 Å². The van der Waals surface area contributed by atoms with Gasteiger partial charge in [0, 0.05) is 17.5 Å². The smallest absolute Gasteiger partial charge is 0.138 e. The molecule has 0 aliphatic heterocycles. The number of ether oxygens (including phenoxy) is 1. The summed E-state index contributed by atoms with van der Waals surface area (Å²) < 4.78 is 5.83. The molecule has 1 atom stereocenters. The summed E-state index contributed by atoms with van der Waals surface area (Å²) in [7, 11) is 0. The third kappa shape index (κ3) is 4.20. The number of nitrogens with two attached hydrogens (primary N) is 1. The molecule has 0 aliphatic rings. The maximum atomic E-state index is 6.03. The van der Waals surface area contributed by atoms with Gasteiger partial charge < -0.3 is 10.5 Å². The fraction of sp³-hybridized carbons (Fsp3) is 0.500. The van der Waals surface area contributed by atoms with Crippen molar-refractivity contribution in [2.45, 2.75) is 38.8 Å². The van der Waals surface area contributed by atoms with Crippen molar-refractivity contribution in [1.82, 2.24) is 0 Å². The standard InChI is InChI=1S/C12H17Cl2NO/c1-8(15)7-12(2,3)16-11-5-4-9(13)6-10(11)14/h4-6,8H,7,15H2,1-3H3. The van der Waals surface area contributed by atoms with E-state index in [9.17, 15) is 0 Å². The SMILES string of the molecule is CC(N)CC(C)(C)Oc1ccc(Cl)cc1Cl. The molecule has 0 fully saturated rings. The lowest BCUT2D eigenvalue weighted by atomic mass is 10.0. The highest BCUT2D eigenvalue weighted by Gasteiger charge is 2.22. The molecule has 2 nitrogen and oxygen atoms in total. The van der Waals surface area contributed by atoms with Gasteiger partial charge in [-0.2, -0.15) is 0 Å². The molecule has 0 heterocycles. The van der Waals surface area contributed by atoms with Crippen molar-refractivity contribution in [1.29, 1.82) is 0 Å². The van der Waals surface area contributed by atoms with Crippen LogP contribution in [-0.4, -0.2) is 11.6 Å². The van der Waals surface area contributed by atoms with Gasteiger partial charge in [-0.1, -0.05) is 23.2 Å². The molecule has 0 aliphatic carbocycles. The molecule has 0 saturated carbocycles. The Hall–Kier alpha value is -0.440. The number of rotatable bonds is 4. The molecule has 0 aromatic heterocycles. The summed E-state index contributed by atoms with van der Waals surface area (Å²) in [6.45, 7) is 5.93. The molecular formula is C12H17Cl2NO. The average Bonchev–Trinajstić information content (AvgIpc) is 2.07. The predicted octanol–water partition coefficient (Wildman–Crippen LogP) is 3.89. The van der Waals surface area contributed by atoms with Crippen LogP contribution in [0.25, 0.3) is 0 Å². The van der Waals surface area contributed by atoms with Crippen LogP contribution >= 0.6 is 23.2 Å². The summed E-state index contributed by atoms with van der Waals surface area (Å²) in [5.74, 6) is 0.636. The quantitative estimate of drug-likeness (QED) is 0.893. The van der Waals surface area contributed by atoms with Crippen LogP contribution in [0, 0.1) is 0 Å². The lowest BCUT2D eigenvalue weighted by molar-refractivity contribution is 0.0934. The summed E-state index contributed by atoms with van der Waals surface area (Å²) in [6.07, 6.45) is 0.756. The zero-order valence-corrected chi connectivity index (χ0v) is 11.3. The van der Waals surface area contributed by atoms with Crippen molar-refractivity contribution < 1.29 is 4.74 Å². The Morgan fingerprint density at radius 1 is 1.38 bits per heavy atom. The molecule has 90 valence electrons. The van der Waals surface area contributed by atoms with Crippen molar-refractivity contribution in [2.24, 2.45) is 5.73 Å². The number of hydrogen-bond acceptors (Lipinski definition) is 2.